The monoisotopic (exact) mass is 218 g/mol. The van der Waals surface area contributed by atoms with Crippen molar-refractivity contribution in [2.45, 2.75) is 26.3 Å². The largest absolute Gasteiger partial charge is 0.338 e. The molecular weight excluding hydrogens is 200 g/mol. The van der Waals surface area contributed by atoms with Gasteiger partial charge in [0.05, 0.1) is 0 Å². The maximum Gasteiger partial charge on any atom is 0.317 e. The summed E-state index contributed by atoms with van der Waals surface area (Å²) in [5.74, 6) is 0. The Morgan fingerprint density at radius 3 is 2.56 bits per heavy atom. The molecule has 1 N–H and O–H groups in total. The highest BCUT2D eigenvalue weighted by atomic mass is 16.2. The number of hydrogen-bond donors (Lipinski definition) is 1. The van der Waals surface area contributed by atoms with Crippen LogP contribution in [0.4, 0.5) is 4.79 Å². The van der Waals surface area contributed by atoms with E-state index in [0.717, 1.165) is 32.5 Å². The van der Waals surface area contributed by atoms with Crippen molar-refractivity contribution in [3.63, 3.8) is 0 Å². The van der Waals surface area contributed by atoms with Crippen molar-refractivity contribution < 1.29 is 4.79 Å². The zero-order valence-electron chi connectivity index (χ0n) is 9.70. The van der Waals surface area contributed by atoms with E-state index in [9.17, 15) is 4.79 Å². The minimum Gasteiger partial charge on any atom is -0.338 e. The van der Waals surface area contributed by atoms with Crippen LogP contribution in [0.1, 0.15) is 24.5 Å². The lowest BCUT2D eigenvalue weighted by Crippen LogP contribution is -2.45. The van der Waals surface area contributed by atoms with Gasteiger partial charge in [-0.05, 0) is 24.0 Å². The van der Waals surface area contributed by atoms with Crippen molar-refractivity contribution in [1.29, 1.82) is 0 Å². The smallest absolute Gasteiger partial charge is 0.317 e. The van der Waals surface area contributed by atoms with Crippen LogP contribution < -0.4 is 5.32 Å². The average Bonchev–Trinajstić information content (AvgIpc) is 2.33. The van der Waals surface area contributed by atoms with Gasteiger partial charge in [0.25, 0.3) is 0 Å². The summed E-state index contributed by atoms with van der Waals surface area (Å²) in [4.78, 5) is 13.4. The molecule has 0 radical (unpaired) electrons. The van der Waals surface area contributed by atoms with Gasteiger partial charge in [-0.2, -0.15) is 0 Å². The molecule has 0 spiro atoms. The molecule has 1 saturated heterocycles. The molecule has 0 saturated carbocycles. The SMILES string of the molecule is CCc1ccc(CN2CCCNC2=O)cc1. The van der Waals surface area contributed by atoms with E-state index in [1.807, 2.05) is 4.90 Å². The molecule has 2 amide bonds. The van der Waals surface area contributed by atoms with E-state index in [-0.39, 0.29) is 6.03 Å². The predicted molar refractivity (Wildman–Crippen MR) is 64.2 cm³/mol. The molecule has 86 valence electrons. The molecule has 0 bridgehead atoms. The second-order valence-electron chi connectivity index (χ2n) is 4.18. The van der Waals surface area contributed by atoms with Crippen LogP contribution in [0.5, 0.6) is 0 Å². The predicted octanol–water partition coefficient (Wildman–Crippen LogP) is 2.16. The van der Waals surface area contributed by atoms with Gasteiger partial charge in [-0.25, -0.2) is 4.79 Å². The first-order valence-corrected chi connectivity index (χ1v) is 5.90. The van der Waals surface area contributed by atoms with Gasteiger partial charge in [0.15, 0.2) is 0 Å². The van der Waals surface area contributed by atoms with Gasteiger partial charge in [-0.15, -0.1) is 0 Å². The maximum atomic E-state index is 11.5. The van der Waals surface area contributed by atoms with Crippen LogP contribution in [0.2, 0.25) is 0 Å². The number of hydrogen-bond acceptors (Lipinski definition) is 1. The van der Waals surface area contributed by atoms with Crippen molar-refractivity contribution in [3.8, 4) is 0 Å². The highest BCUT2D eigenvalue weighted by molar-refractivity contribution is 5.74. The van der Waals surface area contributed by atoms with Gasteiger partial charge < -0.3 is 10.2 Å². The molecule has 0 unspecified atom stereocenters. The molecule has 0 aliphatic carbocycles. The number of nitrogens with one attached hydrogen (secondary N) is 1. The highest BCUT2D eigenvalue weighted by Gasteiger charge is 2.16. The Bertz CT molecular complexity index is 359. The lowest BCUT2D eigenvalue weighted by molar-refractivity contribution is 0.183. The first-order chi connectivity index (χ1) is 7.79. The Morgan fingerprint density at radius 2 is 1.94 bits per heavy atom. The summed E-state index contributed by atoms with van der Waals surface area (Å²) in [6, 6.07) is 8.56. The molecule has 16 heavy (non-hydrogen) atoms. The van der Waals surface area contributed by atoms with Gasteiger partial charge in [0.1, 0.15) is 0 Å². The fourth-order valence-corrected chi connectivity index (χ4v) is 1.93. The summed E-state index contributed by atoms with van der Waals surface area (Å²) in [6.07, 6.45) is 2.10. The second kappa shape index (κ2) is 5.01. The minimum atomic E-state index is 0.0609. The Hall–Kier alpha value is -1.51. The molecule has 1 aromatic rings. The summed E-state index contributed by atoms with van der Waals surface area (Å²) in [5.41, 5.74) is 2.54. The molecule has 3 nitrogen and oxygen atoms in total. The number of rotatable bonds is 3. The Kier molecular flexibility index (Phi) is 3.44. The van der Waals surface area contributed by atoms with Crippen LogP contribution in [-0.2, 0) is 13.0 Å². The normalized spacial score (nSPS) is 16.1. The van der Waals surface area contributed by atoms with E-state index in [1.54, 1.807) is 0 Å². The second-order valence-corrected chi connectivity index (χ2v) is 4.18. The number of carbonyl (C=O) groups excluding carboxylic acids is 1. The van der Waals surface area contributed by atoms with Crippen molar-refractivity contribution >= 4 is 6.03 Å². The van der Waals surface area contributed by atoms with Gasteiger partial charge in [0, 0.05) is 19.6 Å². The van der Waals surface area contributed by atoms with Crippen molar-refractivity contribution in [3.05, 3.63) is 35.4 Å². The van der Waals surface area contributed by atoms with E-state index >= 15 is 0 Å². The summed E-state index contributed by atoms with van der Waals surface area (Å²) >= 11 is 0. The van der Waals surface area contributed by atoms with E-state index in [2.05, 4.69) is 36.5 Å². The fraction of sp³-hybridized carbons (Fsp3) is 0.462. The minimum absolute atomic E-state index is 0.0609. The zero-order chi connectivity index (χ0) is 11.4. The molecule has 1 heterocycles. The summed E-state index contributed by atoms with van der Waals surface area (Å²) < 4.78 is 0. The van der Waals surface area contributed by atoms with E-state index in [0.29, 0.717) is 0 Å². The molecule has 0 atom stereocenters. The van der Waals surface area contributed by atoms with Crippen molar-refractivity contribution in [2.75, 3.05) is 13.1 Å². The number of nitrogens with zero attached hydrogens (tertiary/aromatic N) is 1. The summed E-state index contributed by atoms with van der Waals surface area (Å²) in [7, 11) is 0. The van der Waals surface area contributed by atoms with Gasteiger partial charge in [-0.1, -0.05) is 31.2 Å². The fourth-order valence-electron chi connectivity index (χ4n) is 1.93. The molecule has 3 heteroatoms. The summed E-state index contributed by atoms with van der Waals surface area (Å²) in [5, 5.41) is 2.86. The summed E-state index contributed by atoms with van der Waals surface area (Å²) in [6.45, 7) is 4.54. The lowest BCUT2D eigenvalue weighted by atomic mass is 10.1. The van der Waals surface area contributed by atoms with E-state index in [1.165, 1.54) is 11.1 Å². The van der Waals surface area contributed by atoms with Crippen molar-refractivity contribution in [1.82, 2.24) is 10.2 Å². The molecule has 1 aromatic carbocycles. The van der Waals surface area contributed by atoms with Crippen molar-refractivity contribution in [2.24, 2.45) is 0 Å². The third-order valence-electron chi connectivity index (χ3n) is 2.97. The standard InChI is InChI=1S/C13H18N2O/c1-2-11-4-6-12(7-5-11)10-15-9-3-8-14-13(15)16/h4-7H,2-3,8-10H2,1H3,(H,14,16). The first kappa shape index (κ1) is 11.0. The van der Waals surface area contributed by atoms with Gasteiger partial charge in [-0.3, -0.25) is 0 Å². The first-order valence-electron chi connectivity index (χ1n) is 5.90. The van der Waals surface area contributed by atoms with E-state index < -0.39 is 0 Å². The Balaban J connectivity index is 1.99. The third-order valence-corrected chi connectivity index (χ3v) is 2.97. The van der Waals surface area contributed by atoms with Crippen LogP contribution >= 0.6 is 0 Å². The molecule has 0 aromatic heterocycles. The maximum absolute atomic E-state index is 11.5. The molecule has 2 rings (SSSR count). The van der Waals surface area contributed by atoms with Crippen LogP contribution in [0.3, 0.4) is 0 Å². The number of carbonyl (C=O) groups is 1. The quantitative estimate of drug-likeness (QED) is 0.828. The molecule has 1 aliphatic rings. The van der Waals surface area contributed by atoms with Crippen LogP contribution in [-0.4, -0.2) is 24.0 Å². The molecule has 1 fully saturated rings. The zero-order valence-corrected chi connectivity index (χ0v) is 9.70. The number of aryl methyl sites for hydroxylation is 1. The topological polar surface area (TPSA) is 32.3 Å². The number of amides is 2. The number of urea groups is 1. The van der Waals surface area contributed by atoms with Crippen LogP contribution in [0, 0.1) is 0 Å². The number of benzene rings is 1. The third kappa shape index (κ3) is 2.54. The highest BCUT2D eigenvalue weighted by Crippen LogP contribution is 2.10. The Morgan fingerprint density at radius 1 is 1.25 bits per heavy atom. The van der Waals surface area contributed by atoms with Crippen LogP contribution in [0.15, 0.2) is 24.3 Å². The van der Waals surface area contributed by atoms with Gasteiger partial charge in [0.2, 0.25) is 0 Å². The van der Waals surface area contributed by atoms with E-state index in [4.69, 9.17) is 0 Å². The lowest BCUT2D eigenvalue weighted by Gasteiger charge is -2.27. The molecule has 1 aliphatic heterocycles. The van der Waals surface area contributed by atoms with Crippen LogP contribution in [0.25, 0.3) is 0 Å². The average molecular weight is 218 g/mol. The molecular formula is C13H18N2O. The van der Waals surface area contributed by atoms with Gasteiger partial charge >= 0.3 is 6.03 Å². The Labute approximate surface area is 96.5 Å².